The molecule has 1 rings (SSSR count). The molecule has 3 N–H and O–H groups in total. The van der Waals surface area contributed by atoms with Crippen LogP contribution in [0.4, 0.5) is 11.6 Å². The summed E-state index contributed by atoms with van der Waals surface area (Å²) < 4.78 is 0. The van der Waals surface area contributed by atoms with Crippen LogP contribution in [-0.2, 0) is 4.79 Å². The van der Waals surface area contributed by atoms with Crippen LogP contribution in [0.2, 0.25) is 0 Å². The molecule has 0 amide bonds. The van der Waals surface area contributed by atoms with Gasteiger partial charge in [0.25, 0.3) is 0 Å². The first-order chi connectivity index (χ1) is 8.26. The summed E-state index contributed by atoms with van der Waals surface area (Å²) in [4.78, 5) is 18.9. The van der Waals surface area contributed by atoms with Crippen molar-refractivity contribution in [1.82, 2.24) is 9.97 Å². The number of nitrogens with zero attached hydrogens (tertiary/aromatic N) is 2. The number of aryl methyl sites for hydroxylation is 1. The maximum atomic E-state index is 10.5. The highest BCUT2D eigenvalue weighted by Gasteiger charge is 2.10. The van der Waals surface area contributed by atoms with Crippen LogP contribution in [0.3, 0.4) is 0 Å². The summed E-state index contributed by atoms with van der Waals surface area (Å²) >= 11 is 0. The summed E-state index contributed by atoms with van der Waals surface area (Å²) in [5.41, 5.74) is 0.146. The van der Waals surface area contributed by atoms with Gasteiger partial charge >= 0.3 is 5.97 Å². The van der Waals surface area contributed by atoms with Crippen molar-refractivity contribution in [2.75, 3.05) is 23.7 Å². The number of aromatic nitrogens is 2. The standard InChI is InChI=1S/C12H20N4O2/c1-8-15-9(13-6-11(17)18)5-10(16-8)14-7-12(2,3)4/h5H,6-7H2,1-4H3,(H,17,18)(H2,13,14,15,16). The van der Waals surface area contributed by atoms with Gasteiger partial charge in [0.15, 0.2) is 0 Å². The largest absolute Gasteiger partial charge is 0.480 e. The zero-order valence-electron chi connectivity index (χ0n) is 11.2. The molecule has 0 fully saturated rings. The highest BCUT2D eigenvalue weighted by molar-refractivity contribution is 5.72. The maximum absolute atomic E-state index is 10.5. The minimum atomic E-state index is -0.921. The smallest absolute Gasteiger partial charge is 0.322 e. The van der Waals surface area contributed by atoms with Gasteiger partial charge in [0.1, 0.15) is 24.0 Å². The Balaban J connectivity index is 2.71. The lowest BCUT2D eigenvalue weighted by Crippen LogP contribution is -2.20. The maximum Gasteiger partial charge on any atom is 0.322 e. The second-order valence-electron chi connectivity index (χ2n) is 5.35. The molecule has 1 aromatic rings. The van der Waals surface area contributed by atoms with Gasteiger partial charge in [-0.2, -0.15) is 0 Å². The molecule has 0 aliphatic heterocycles. The summed E-state index contributed by atoms with van der Waals surface area (Å²) in [6.45, 7) is 8.76. The molecular weight excluding hydrogens is 232 g/mol. The van der Waals surface area contributed by atoms with E-state index in [9.17, 15) is 4.79 Å². The van der Waals surface area contributed by atoms with Gasteiger partial charge in [-0.25, -0.2) is 9.97 Å². The molecule has 0 aliphatic rings. The van der Waals surface area contributed by atoms with E-state index in [1.54, 1.807) is 13.0 Å². The number of nitrogens with one attached hydrogen (secondary N) is 2. The fraction of sp³-hybridized carbons (Fsp3) is 0.583. The number of carboxylic acid groups (broad SMARTS) is 1. The molecule has 0 saturated heterocycles. The number of carboxylic acids is 1. The molecule has 1 aromatic heterocycles. The van der Waals surface area contributed by atoms with Gasteiger partial charge < -0.3 is 15.7 Å². The van der Waals surface area contributed by atoms with Crippen LogP contribution in [0.1, 0.15) is 26.6 Å². The van der Waals surface area contributed by atoms with Crippen LogP contribution >= 0.6 is 0 Å². The first kappa shape index (κ1) is 14.2. The molecule has 0 radical (unpaired) electrons. The number of aliphatic carboxylic acids is 1. The van der Waals surface area contributed by atoms with Crippen molar-refractivity contribution in [2.24, 2.45) is 5.41 Å². The minimum Gasteiger partial charge on any atom is -0.480 e. The monoisotopic (exact) mass is 252 g/mol. The zero-order valence-corrected chi connectivity index (χ0v) is 11.2. The summed E-state index contributed by atoms with van der Waals surface area (Å²) in [6, 6.07) is 1.71. The van der Waals surface area contributed by atoms with Crippen molar-refractivity contribution in [2.45, 2.75) is 27.7 Å². The third-order valence-corrected chi connectivity index (χ3v) is 2.06. The molecule has 0 spiro atoms. The first-order valence-electron chi connectivity index (χ1n) is 5.81. The van der Waals surface area contributed by atoms with Gasteiger partial charge in [-0.3, -0.25) is 4.79 Å². The quantitative estimate of drug-likeness (QED) is 0.740. The van der Waals surface area contributed by atoms with E-state index in [4.69, 9.17) is 5.11 Å². The normalized spacial score (nSPS) is 11.1. The predicted octanol–water partition coefficient (Wildman–Crippen LogP) is 1.74. The molecule has 0 unspecified atom stereocenters. The van der Waals surface area contributed by atoms with E-state index in [2.05, 4.69) is 41.4 Å². The van der Waals surface area contributed by atoms with Crippen molar-refractivity contribution in [1.29, 1.82) is 0 Å². The molecule has 0 atom stereocenters. The van der Waals surface area contributed by atoms with E-state index in [0.29, 0.717) is 17.5 Å². The van der Waals surface area contributed by atoms with E-state index < -0.39 is 5.97 Å². The van der Waals surface area contributed by atoms with Crippen molar-refractivity contribution in [3.05, 3.63) is 11.9 Å². The minimum absolute atomic E-state index is 0.146. The van der Waals surface area contributed by atoms with Gasteiger partial charge in [-0.05, 0) is 12.3 Å². The SMILES string of the molecule is Cc1nc(NCC(=O)O)cc(NCC(C)(C)C)n1. The van der Waals surface area contributed by atoms with Crippen molar-refractivity contribution < 1.29 is 9.90 Å². The molecule has 6 nitrogen and oxygen atoms in total. The second kappa shape index (κ2) is 5.66. The molecule has 18 heavy (non-hydrogen) atoms. The number of anilines is 2. The molecule has 1 heterocycles. The van der Waals surface area contributed by atoms with E-state index in [1.807, 2.05) is 0 Å². The molecule has 0 bridgehead atoms. The lowest BCUT2D eigenvalue weighted by atomic mass is 9.97. The number of rotatable bonds is 5. The Morgan fingerprint density at radius 3 is 2.33 bits per heavy atom. The molecular formula is C12H20N4O2. The van der Waals surface area contributed by atoms with Crippen LogP contribution in [-0.4, -0.2) is 34.1 Å². The third-order valence-electron chi connectivity index (χ3n) is 2.06. The lowest BCUT2D eigenvalue weighted by molar-refractivity contribution is -0.134. The number of hydrogen-bond acceptors (Lipinski definition) is 5. The summed E-state index contributed by atoms with van der Waals surface area (Å²) in [5.74, 6) is 0.892. The molecule has 100 valence electrons. The van der Waals surface area contributed by atoms with Crippen LogP contribution in [0, 0.1) is 12.3 Å². The highest BCUT2D eigenvalue weighted by Crippen LogP contribution is 2.16. The van der Waals surface area contributed by atoms with Crippen LogP contribution in [0.25, 0.3) is 0 Å². The van der Waals surface area contributed by atoms with Gasteiger partial charge in [0, 0.05) is 12.6 Å². The highest BCUT2D eigenvalue weighted by atomic mass is 16.4. The van der Waals surface area contributed by atoms with Crippen LogP contribution in [0.15, 0.2) is 6.07 Å². The van der Waals surface area contributed by atoms with Gasteiger partial charge in [0.05, 0.1) is 0 Å². The van der Waals surface area contributed by atoms with Crippen molar-refractivity contribution >= 4 is 17.6 Å². The number of carbonyl (C=O) groups is 1. The second-order valence-corrected chi connectivity index (χ2v) is 5.35. The fourth-order valence-corrected chi connectivity index (χ4v) is 1.27. The molecule has 0 aliphatic carbocycles. The average molecular weight is 252 g/mol. The van der Waals surface area contributed by atoms with Crippen LogP contribution < -0.4 is 10.6 Å². The Hall–Kier alpha value is -1.85. The molecule has 6 heteroatoms. The van der Waals surface area contributed by atoms with Gasteiger partial charge in [0.2, 0.25) is 0 Å². The Labute approximate surface area is 107 Å². The molecule has 0 saturated carbocycles. The predicted molar refractivity (Wildman–Crippen MR) is 70.8 cm³/mol. The summed E-state index contributed by atoms with van der Waals surface area (Å²) in [5, 5.41) is 14.5. The zero-order chi connectivity index (χ0) is 13.8. The van der Waals surface area contributed by atoms with Gasteiger partial charge in [-0.1, -0.05) is 20.8 Å². The molecule has 0 aromatic carbocycles. The first-order valence-corrected chi connectivity index (χ1v) is 5.81. The average Bonchev–Trinajstić information content (AvgIpc) is 2.22. The Morgan fingerprint density at radius 2 is 1.83 bits per heavy atom. The van der Waals surface area contributed by atoms with E-state index >= 15 is 0 Å². The van der Waals surface area contributed by atoms with Gasteiger partial charge in [-0.15, -0.1) is 0 Å². The third kappa shape index (κ3) is 5.47. The summed E-state index contributed by atoms with van der Waals surface area (Å²) in [6.07, 6.45) is 0. The summed E-state index contributed by atoms with van der Waals surface area (Å²) in [7, 11) is 0. The topological polar surface area (TPSA) is 87.1 Å². The van der Waals surface area contributed by atoms with Crippen molar-refractivity contribution in [3.8, 4) is 0 Å². The van der Waals surface area contributed by atoms with Crippen LogP contribution in [0.5, 0.6) is 0 Å². The fourth-order valence-electron chi connectivity index (χ4n) is 1.27. The number of hydrogen-bond donors (Lipinski definition) is 3. The lowest BCUT2D eigenvalue weighted by Gasteiger charge is -2.19. The van der Waals surface area contributed by atoms with E-state index in [1.165, 1.54) is 0 Å². The Kier molecular flexibility index (Phi) is 4.47. The Morgan fingerprint density at radius 1 is 1.28 bits per heavy atom. The van der Waals surface area contributed by atoms with Crippen molar-refractivity contribution in [3.63, 3.8) is 0 Å². The van der Waals surface area contributed by atoms with E-state index in [-0.39, 0.29) is 12.0 Å². The Bertz CT molecular complexity index is 427. The van der Waals surface area contributed by atoms with E-state index in [0.717, 1.165) is 6.54 Å².